The fourth-order valence-corrected chi connectivity index (χ4v) is 1.66. The van der Waals surface area contributed by atoms with E-state index in [1.807, 2.05) is 13.8 Å². The summed E-state index contributed by atoms with van der Waals surface area (Å²) in [6.07, 6.45) is 0.110. The SMILES string of the molecule is Cc1cc(F)cc(-c2noc(CC(=O)C(C)C)n2)c1. The molecular formula is C14H15FN2O2. The smallest absolute Gasteiger partial charge is 0.234 e. The molecule has 1 heterocycles. The summed E-state index contributed by atoms with van der Waals surface area (Å²) < 4.78 is 18.3. The molecule has 0 saturated carbocycles. The van der Waals surface area contributed by atoms with Crippen LogP contribution in [0.25, 0.3) is 11.4 Å². The van der Waals surface area contributed by atoms with Crippen LogP contribution < -0.4 is 0 Å². The second kappa shape index (κ2) is 5.30. The average Bonchev–Trinajstić information content (AvgIpc) is 2.76. The lowest BCUT2D eigenvalue weighted by Gasteiger charge is -1.99. The maximum atomic E-state index is 13.3. The predicted octanol–water partition coefficient (Wildman–Crippen LogP) is 2.95. The van der Waals surface area contributed by atoms with E-state index in [0.717, 1.165) is 5.56 Å². The maximum absolute atomic E-state index is 13.3. The summed E-state index contributed by atoms with van der Waals surface area (Å²) in [5.41, 5.74) is 1.32. The van der Waals surface area contributed by atoms with Gasteiger partial charge in [0, 0.05) is 11.5 Å². The van der Waals surface area contributed by atoms with Gasteiger partial charge in [-0.3, -0.25) is 4.79 Å². The zero-order chi connectivity index (χ0) is 14.0. The normalized spacial score (nSPS) is 11.0. The highest BCUT2D eigenvalue weighted by molar-refractivity contribution is 5.81. The third kappa shape index (κ3) is 3.24. The van der Waals surface area contributed by atoms with Crippen molar-refractivity contribution in [3.63, 3.8) is 0 Å². The van der Waals surface area contributed by atoms with Crippen LogP contribution in [0, 0.1) is 18.7 Å². The van der Waals surface area contributed by atoms with E-state index in [2.05, 4.69) is 10.1 Å². The first-order chi connectivity index (χ1) is 8.95. The Labute approximate surface area is 110 Å². The van der Waals surface area contributed by atoms with E-state index < -0.39 is 0 Å². The number of hydrogen-bond acceptors (Lipinski definition) is 4. The average molecular weight is 262 g/mol. The van der Waals surface area contributed by atoms with Crippen molar-refractivity contribution in [3.8, 4) is 11.4 Å². The summed E-state index contributed by atoms with van der Waals surface area (Å²) in [6.45, 7) is 5.42. The molecule has 0 bridgehead atoms. The molecule has 0 fully saturated rings. The van der Waals surface area contributed by atoms with E-state index in [4.69, 9.17) is 4.52 Å². The van der Waals surface area contributed by atoms with E-state index in [1.165, 1.54) is 12.1 Å². The molecule has 0 atom stereocenters. The number of nitrogens with zero attached hydrogens (tertiary/aromatic N) is 2. The number of halogens is 1. The quantitative estimate of drug-likeness (QED) is 0.850. The van der Waals surface area contributed by atoms with Gasteiger partial charge in [-0.25, -0.2) is 4.39 Å². The molecule has 100 valence electrons. The van der Waals surface area contributed by atoms with Crippen molar-refractivity contribution in [1.29, 1.82) is 0 Å². The van der Waals surface area contributed by atoms with Gasteiger partial charge in [0.1, 0.15) is 11.6 Å². The molecule has 2 aromatic rings. The number of carbonyl (C=O) groups excluding carboxylic acids is 1. The zero-order valence-electron chi connectivity index (χ0n) is 11.1. The monoisotopic (exact) mass is 262 g/mol. The van der Waals surface area contributed by atoms with Gasteiger partial charge in [-0.05, 0) is 30.7 Å². The molecule has 0 aliphatic carbocycles. The summed E-state index contributed by atoms with van der Waals surface area (Å²) in [5, 5.41) is 3.78. The molecule has 2 rings (SSSR count). The summed E-state index contributed by atoms with van der Waals surface area (Å²) in [4.78, 5) is 15.7. The lowest BCUT2D eigenvalue weighted by Crippen LogP contribution is -2.10. The van der Waals surface area contributed by atoms with Gasteiger partial charge in [-0.1, -0.05) is 19.0 Å². The highest BCUT2D eigenvalue weighted by Gasteiger charge is 2.15. The second-order valence-corrected chi connectivity index (χ2v) is 4.83. The standard InChI is InChI=1S/C14H15FN2O2/c1-8(2)12(18)7-13-16-14(17-19-13)10-4-9(3)5-11(15)6-10/h4-6,8H,7H2,1-3H3. The second-order valence-electron chi connectivity index (χ2n) is 4.83. The van der Waals surface area contributed by atoms with Crippen molar-refractivity contribution in [2.45, 2.75) is 27.2 Å². The molecule has 19 heavy (non-hydrogen) atoms. The Balaban J connectivity index is 2.23. The van der Waals surface area contributed by atoms with Crippen LogP contribution in [0.3, 0.4) is 0 Å². The first kappa shape index (κ1) is 13.4. The Kier molecular flexibility index (Phi) is 3.74. The Morgan fingerprint density at radius 2 is 2.11 bits per heavy atom. The van der Waals surface area contributed by atoms with E-state index in [9.17, 15) is 9.18 Å². The molecule has 0 aliphatic heterocycles. The Hall–Kier alpha value is -2.04. The molecule has 0 amide bonds. The number of rotatable bonds is 4. The van der Waals surface area contributed by atoms with Crippen LogP contribution in [0.4, 0.5) is 4.39 Å². The zero-order valence-corrected chi connectivity index (χ0v) is 11.1. The Bertz CT molecular complexity index is 585. The van der Waals surface area contributed by atoms with Gasteiger partial charge in [0.05, 0.1) is 6.42 Å². The minimum atomic E-state index is -0.348. The van der Waals surface area contributed by atoms with Crippen molar-refractivity contribution >= 4 is 5.78 Å². The largest absolute Gasteiger partial charge is 0.339 e. The molecule has 5 heteroatoms. The third-order valence-corrected chi connectivity index (χ3v) is 2.74. The van der Waals surface area contributed by atoms with Gasteiger partial charge in [0.2, 0.25) is 11.7 Å². The molecule has 0 unspecified atom stereocenters. The minimum Gasteiger partial charge on any atom is -0.339 e. The number of ketones is 1. The van der Waals surface area contributed by atoms with Crippen LogP contribution in [0.2, 0.25) is 0 Å². The van der Waals surface area contributed by atoms with Crippen molar-refractivity contribution in [1.82, 2.24) is 10.1 Å². The van der Waals surface area contributed by atoms with E-state index >= 15 is 0 Å². The number of hydrogen-bond donors (Lipinski definition) is 0. The highest BCUT2D eigenvalue weighted by Crippen LogP contribution is 2.19. The van der Waals surface area contributed by atoms with Gasteiger partial charge in [-0.15, -0.1) is 0 Å². The van der Waals surface area contributed by atoms with Gasteiger partial charge in [0.25, 0.3) is 0 Å². The predicted molar refractivity (Wildman–Crippen MR) is 68.0 cm³/mol. The van der Waals surface area contributed by atoms with Crippen molar-refractivity contribution < 1.29 is 13.7 Å². The molecule has 0 saturated heterocycles. The van der Waals surface area contributed by atoms with Gasteiger partial charge in [-0.2, -0.15) is 4.98 Å². The van der Waals surface area contributed by atoms with Gasteiger partial charge < -0.3 is 4.52 Å². The topological polar surface area (TPSA) is 56.0 Å². The highest BCUT2D eigenvalue weighted by atomic mass is 19.1. The third-order valence-electron chi connectivity index (χ3n) is 2.74. The fourth-order valence-electron chi connectivity index (χ4n) is 1.66. The van der Waals surface area contributed by atoms with Crippen LogP contribution in [0.1, 0.15) is 25.3 Å². The van der Waals surface area contributed by atoms with E-state index in [-0.39, 0.29) is 29.8 Å². The molecule has 0 aliphatic rings. The summed E-state index contributed by atoms with van der Waals surface area (Å²) >= 11 is 0. The number of aryl methyl sites for hydroxylation is 1. The number of benzene rings is 1. The summed E-state index contributed by atoms with van der Waals surface area (Å²) in [6, 6.07) is 4.53. The summed E-state index contributed by atoms with van der Waals surface area (Å²) in [7, 11) is 0. The molecule has 0 N–H and O–H groups in total. The molecule has 0 spiro atoms. The van der Waals surface area contributed by atoms with E-state index in [1.54, 1.807) is 13.0 Å². The Morgan fingerprint density at radius 1 is 1.37 bits per heavy atom. The molecule has 0 radical (unpaired) electrons. The first-order valence-electron chi connectivity index (χ1n) is 6.08. The van der Waals surface area contributed by atoms with E-state index in [0.29, 0.717) is 11.4 Å². The van der Waals surface area contributed by atoms with Crippen molar-refractivity contribution in [2.24, 2.45) is 5.92 Å². The van der Waals surface area contributed by atoms with Crippen LogP contribution in [0.15, 0.2) is 22.7 Å². The number of Topliss-reactive ketones (excluding diaryl/α,β-unsaturated/α-hetero) is 1. The van der Waals surface area contributed by atoms with Gasteiger partial charge >= 0.3 is 0 Å². The molecule has 1 aromatic carbocycles. The maximum Gasteiger partial charge on any atom is 0.234 e. The number of aromatic nitrogens is 2. The Morgan fingerprint density at radius 3 is 2.74 bits per heavy atom. The van der Waals surface area contributed by atoms with Crippen LogP contribution in [-0.4, -0.2) is 15.9 Å². The number of carbonyl (C=O) groups is 1. The van der Waals surface area contributed by atoms with Gasteiger partial charge in [0.15, 0.2) is 0 Å². The van der Waals surface area contributed by atoms with Crippen molar-refractivity contribution in [2.75, 3.05) is 0 Å². The lowest BCUT2D eigenvalue weighted by atomic mass is 10.1. The minimum absolute atomic E-state index is 0.0330. The molecule has 1 aromatic heterocycles. The lowest BCUT2D eigenvalue weighted by molar-refractivity contribution is -0.121. The van der Waals surface area contributed by atoms with Crippen molar-refractivity contribution in [3.05, 3.63) is 35.5 Å². The molecular weight excluding hydrogens is 247 g/mol. The van der Waals surface area contributed by atoms with Crippen LogP contribution in [-0.2, 0) is 11.2 Å². The van der Waals surface area contributed by atoms with Crippen LogP contribution in [0.5, 0.6) is 0 Å². The summed E-state index contributed by atoms with van der Waals surface area (Å²) in [5.74, 6) is 0.168. The fraction of sp³-hybridized carbons (Fsp3) is 0.357. The van der Waals surface area contributed by atoms with Crippen LogP contribution >= 0.6 is 0 Å². The first-order valence-corrected chi connectivity index (χ1v) is 6.08. The molecule has 4 nitrogen and oxygen atoms in total.